The number of carbonyl (C=O) groups excluding carboxylic acids is 1. The van der Waals surface area contributed by atoms with Gasteiger partial charge in [0.1, 0.15) is 5.82 Å². The zero-order valence-corrected chi connectivity index (χ0v) is 10.8. The summed E-state index contributed by atoms with van der Waals surface area (Å²) in [4.78, 5) is 13.2. The molecule has 1 unspecified atom stereocenters. The van der Waals surface area contributed by atoms with Gasteiger partial charge in [0, 0.05) is 24.3 Å². The van der Waals surface area contributed by atoms with Crippen molar-refractivity contribution in [1.29, 1.82) is 0 Å². The van der Waals surface area contributed by atoms with Crippen molar-refractivity contribution in [2.24, 2.45) is 0 Å². The van der Waals surface area contributed by atoms with Gasteiger partial charge in [-0.25, -0.2) is 4.39 Å². The number of nitrogens with zero attached hydrogens (tertiary/aromatic N) is 1. The molecule has 1 aromatic carbocycles. The summed E-state index contributed by atoms with van der Waals surface area (Å²) in [6.07, 6.45) is 1.30. The van der Waals surface area contributed by atoms with E-state index in [9.17, 15) is 14.3 Å². The molecule has 0 saturated heterocycles. The lowest BCUT2D eigenvalue weighted by Crippen LogP contribution is -2.25. The lowest BCUT2D eigenvalue weighted by Gasteiger charge is -2.24. The Morgan fingerprint density at radius 1 is 1.58 bits per heavy atom. The molecule has 0 bridgehead atoms. The second kappa shape index (κ2) is 5.40. The van der Waals surface area contributed by atoms with Crippen LogP contribution in [0, 0.1) is 5.82 Å². The molecule has 1 atom stereocenters. The summed E-state index contributed by atoms with van der Waals surface area (Å²) < 4.78 is 14.1. The normalized spacial score (nSPS) is 17.0. The van der Waals surface area contributed by atoms with Crippen molar-refractivity contribution in [2.75, 3.05) is 23.3 Å². The lowest BCUT2D eigenvalue weighted by atomic mass is 10.1. The van der Waals surface area contributed by atoms with Crippen LogP contribution in [-0.4, -0.2) is 24.1 Å². The minimum Gasteiger partial charge on any atom is -0.378 e. The molecule has 1 amide bonds. The van der Waals surface area contributed by atoms with E-state index in [1.165, 1.54) is 6.07 Å². The molecule has 0 fully saturated rings. The first-order valence-corrected chi connectivity index (χ1v) is 6.26. The number of hydrogen-bond donors (Lipinski definition) is 2. The van der Waals surface area contributed by atoms with Gasteiger partial charge in [-0.1, -0.05) is 13.0 Å². The van der Waals surface area contributed by atoms with Crippen LogP contribution in [0.15, 0.2) is 24.8 Å². The van der Waals surface area contributed by atoms with Gasteiger partial charge >= 0.3 is 0 Å². The molecule has 1 aliphatic heterocycles. The third kappa shape index (κ3) is 2.46. The largest absolute Gasteiger partial charge is 0.378 e. The van der Waals surface area contributed by atoms with Crippen molar-refractivity contribution >= 4 is 17.3 Å². The molecule has 1 aliphatic rings. The van der Waals surface area contributed by atoms with E-state index in [1.807, 2.05) is 11.8 Å². The number of halogens is 1. The summed E-state index contributed by atoms with van der Waals surface area (Å²) in [5, 5.41) is 12.1. The summed E-state index contributed by atoms with van der Waals surface area (Å²) in [5.74, 6) is -0.957. The van der Waals surface area contributed by atoms with Crippen LogP contribution in [0.4, 0.5) is 15.8 Å². The highest BCUT2D eigenvalue weighted by atomic mass is 19.1. The van der Waals surface area contributed by atoms with Crippen LogP contribution >= 0.6 is 0 Å². The SMILES string of the molecule is C=CCN(CCC)c1cc2c(cc1F)C(O)C(=O)N2. The average molecular weight is 264 g/mol. The number of fused-ring (bicyclic) bond motifs is 1. The van der Waals surface area contributed by atoms with E-state index >= 15 is 0 Å². The predicted molar refractivity (Wildman–Crippen MR) is 72.7 cm³/mol. The van der Waals surface area contributed by atoms with Gasteiger partial charge in [0.15, 0.2) is 6.10 Å². The second-order valence-electron chi connectivity index (χ2n) is 4.52. The van der Waals surface area contributed by atoms with Gasteiger partial charge in [-0.15, -0.1) is 6.58 Å². The summed E-state index contributed by atoms with van der Waals surface area (Å²) in [7, 11) is 0. The number of carbonyl (C=O) groups is 1. The maximum atomic E-state index is 14.1. The number of amides is 1. The van der Waals surface area contributed by atoms with E-state index in [0.717, 1.165) is 6.42 Å². The van der Waals surface area contributed by atoms with Gasteiger partial charge in [0.2, 0.25) is 0 Å². The number of aliphatic hydroxyl groups is 1. The van der Waals surface area contributed by atoms with Gasteiger partial charge in [0.25, 0.3) is 5.91 Å². The second-order valence-corrected chi connectivity index (χ2v) is 4.52. The maximum Gasteiger partial charge on any atom is 0.257 e. The fourth-order valence-corrected chi connectivity index (χ4v) is 2.23. The number of nitrogens with one attached hydrogen (secondary N) is 1. The molecule has 2 rings (SSSR count). The van der Waals surface area contributed by atoms with E-state index in [-0.39, 0.29) is 0 Å². The van der Waals surface area contributed by atoms with Crippen molar-refractivity contribution < 1.29 is 14.3 Å². The molecule has 0 saturated carbocycles. The zero-order chi connectivity index (χ0) is 14.0. The zero-order valence-electron chi connectivity index (χ0n) is 10.8. The molecular weight excluding hydrogens is 247 g/mol. The minimum atomic E-state index is -1.28. The van der Waals surface area contributed by atoms with Crippen molar-refractivity contribution in [2.45, 2.75) is 19.4 Å². The molecule has 102 valence electrons. The Kier molecular flexibility index (Phi) is 3.85. The van der Waals surface area contributed by atoms with E-state index in [1.54, 1.807) is 12.1 Å². The monoisotopic (exact) mass is 264 g/mol. The van der Waals surface area contributed by atoms with E-state index < -0.39 is 17.8 Å². The Labute approximate surface area is 111 Å². The van der Waals surface area contributed by atoms with Gasteiger partial charge in [-0.05, 0) is 18.6 Å². The molecule has 5 heteroatoms. The van der Waals surface area contributed by atoms with Gasteiger partial charge in [-0.3, -0.25) is 4.79 Å². The van der Waals surface area contributed by atoms with Crippen LogP contribution in [0.25, 0.3) is 0 Å². The minimum absolute atomic E-state index is 0.293. The number of benzene rings is 1. The fourth-order valence-electron chi connectivity index (χ4n) is 2.23. The third-order valence-corrected chi connectivity index (χ3v) is 3.10. The lowest BCUT2D eigenvalue weighted by molar-refractivity contribution is -0.123. The molecule has 4 nitrogen and oxygen atoms in total. The summed E-state index contributed by atoms with van der Waals surface area (Å²) >= 11 is 0. The topological polar surface area (TPSA) is 52.6 Å². The Hall–Kier alpha value is -1.88. The molecule has 1 heterocycles. The highest BCUT2D eigenvalue weighted by Gasteiger charge is 2.30. The standard InChI is InChI=1S/C14H17FN2O2/c1-3-5-17(6-4-2)12-8-11-9(7-10(12)15)13(18)14(19)16-11/h3,7-8,13,18H,1,4-6H2,2H3,(H,16,19). The Morgan fingerprint density at radius 3 is 2.95 bits per heavy atom. The van der Waals surface area contributed by atoms with Crippen molar-refractivity contribution in [3.63, 3.8) is 0 Å². The number of aliphatic hydroxyl groups excluding tert-OH is 1. The molecule has 1 aromatic rings. The molecule has 0 spiro atoms. The quantitative estimate of drug-likeness (QED) is 0.802. The molecule has 0 radical (unpaired) electrons. The van der Waals surface area contributed by atoms with Crippen LogP contribution in [-0.2, 0) is 4.79 Å². The fraction of sp³-hybridized carbons (Fsp3) is 0.357. The van der Waals surface area contributed by atoms with E-state index in [4.69, 9.17) is 0 Å². The van der Waals surface area contributed by atoms with Gasteiger partial charge in [-0.2, -0.15) is 0 Å². The van der Waals surface area contributed by atoms with Crippen LogP contribution in [0.2, 0.25) is 0 Å². The third-order valence-electron chi connectivity index (χ3n) is 3.10. The van der Waals surface area contributed by atoms with Crippen molar-refractivity contribution in [1.82, 2.24) is 0 Å². The predicted octanol–water partition coefficient (Wildman–Crippen LogP) is 2.21. The Balaban J connectivity index is 2.40. The highest BCUT2D eigenvalue weighted by molar-refractivity contribution is 6.02. The first-order chi connectivity index (χ1) is 9.08. The number of rotatable bonds is 5. The van der Waals surface area contributed by atoms with Crippen LogP contribution in [0.1, 0.15) is 25.0 Å². The average Bonchev–Trinajstić information content (AvgIpc) is 2.64. The molecule has 19 heavy (non-hydrogen) atoms. The number of hydrogen-bond acceptors (Lipinski definition) is 3. The van der Waals surface area contributed by atoms with Crippen molar-refractivity contribution in [3.05, 3.63) is 36.2 Å². The van der Waals surface area contributed by atoms with E-state index in [2.05, 4.69) is 11.9 Å². The molecule has 2 N–H and O–H groups in total. The smallest absolute Gasteiger partial charge is 0.257 e. The first kappa shape index (κ1) is 13.5. The van der Waals surface area contributed by atoms with Crippen molar-refractivity contribution in [3.8, 4) is 0 Å². The summed E-state index contributed by atoms with van der Waals surface area (Å²) in [6, 6.07) is 2.79. The maximum absolute atomic E-state index is 14.1. The highest BCUT2D eigenvalue weighted by Crippen LogP contribution is 2.35. The van der Waals surface area contributed by atoms with E-state index in [0.29, 0.717) is 30.0 Å². The summed E-state index contributed by atoms with van der Waals surface area (Å²) in [5.41, 5.74) is 1.18. The van der Waals surface area contributed by atoms with Crippen LogP contribution in [0.5, 0.6) is 0 Å². The van der Waals surface area contributed by atoms with Crippen LogP contribution in [0.3, 0.4) is 0 Å². The molecule has 0 aromatic heterocycles. The first-order valence-electron chi connectivity index (χ1n) is 6.26. The Bertz CT molecular complexity index is 516. The Morgan fingerprint density at radius 2 is 2.32 bits per heavy atom. The van der Waals surface area contributed by atoms with Gasteiger partial charge in [0.05, 0.1) is 5.69 Å². The molecular formula is C14H17FN2O2. The molecule has 0 aliphatic carbocycles. The summed E-state index contributed by atoms with van der Waals surface area (Å²) in [6.45, 7) is 6.89. The van der Waals surface area contributed by atoms with Gasteiger partial charge < -0.3 is 15.3 Å². The van der Waals surface area contributed by atoms with Crippen LogP contribution < -0.4 is 10.2 Å². The number of anilines is 2.